The third-order valence-electron chi connectivity index (χ3n) is 4.61. The molecule has 4 heteroatoms. The SMILES string of the molecule is CCCCCCCOc1ccc(NC(=O)CNc2ccc(C)c(C)c2)cc1. The first-order valence-corrected chi connectivity index (χ1v) is 9.92. The van der Waals surface area contributed by atoms with Crippen LogP contribution in [0.3, 0.4) is 0 Å². The molecule has 27 heavy (non-hydrogen) atoms. The highest BCUT2D eigenvalue weighted by Gasteiger charge is 2.04. The number of carbonyl (C=O) groups is 1. The van der Waals surface area contributed by atoms with Crippen LogP contribution in [0.4, 0.5) is 11.4 Å². The molecular weight excluding hydrogens is 336 g/mol. The number of hydrogen-bond acceptors (Lipinski definition) is 3. The molecule has 1 amide bonds. The fourth-order valence-corrected chi connectivity index (χ4v) is 2.77. The fourth-order valence-electron chi connectivity index (χ4n) is 2.77. The van der Waals surface area contributed by atoms with Gasteiger partial charge in [0.1, 0.15) is 5.75 Å². The van der Waals surface area contributed by atoms with Crippen LogP contribution in [0, 0.1) is 13.8 Å². The molecule has 2 aromatic carbocycles. The number of anilines is 2. The van der Waals surface area contributed by atoms with Crippen LogP contribution in [-0.4, -0.2) is 19.1 Å². The monoisotopic (exact) mass is 368 g/mol. The number of carbonyl (C=O) groups excluding carboxylic acids is 1. The second-order valence-corrected chi connectivity index (χ2v) is 6.99. The van der Waals surface area contributed by atoms with Crippen molar-refractivity contribution in [2.45, 2.75) is 52.9 Å². The average molecular weight is 369 g/mol. The number of rotatable bonds is 11. The summed E-state index contributed by atoms with van der Waals surface area (Å²) < 4.78 is 5.75. The number of unbranched alkanes of at least 4 members (excludes halogenated alkanes) is 4. The first kappa shape index (κ1) is 20.8. The summed E-state index contributed by atoms with van der Waals surface area (Å²) in [5, 5.41) is 6.05. The first-order valence-electron chi connectivity index (χ1n) is 9.92. The lowest BCUT2D eigenvalue weighted by atomic mass is 10.1. The number of benzene rings is 2. The Bertz CT molecular complexity index is 711. The van der Waals surface area contributed by atoms with Crippen molar-refractivity contribution in [1.82, 2.24) is 0 Å². The number of ether oxygens (including phenoxy) is 1. The largest absolute Gasteiger partial charge is 0.494 e. The van der Waals surface area contributed by atoms with E-state index >= 15 is 0 Å². The maximum absolute atomic E-state index is 12.1. The van der Waals surface area contributed by atoms with Crippen LogP contribution in [0.5, 0.6) is 5.75 Å². The van der Waals surface area contributed by atoms with Gasteiger partial charge in [0.05, 0.1) is 13.2 Å². The molecule has 0 fully saturated rings. The summed E-state index contributed by atoms with van der Waals surface area (Å²) in [7, 11) is 0. The standard InChI is InChI=1S/C23H32N2O2/c1-4-5-6-7-8-15-27-22-13-11-20(12-14-22)25-23(26)17-24-21-10-9-18(2)19(3)16-21/h9-14,16,24H,4-8,15,17H2,1-3H3,(H,25,26). The van der Waals surface area contributed by atoms with Crippen LogP contribution in [-0.2, 0) is 4.79 Å². The third kappa shape index (κ3) is 7.73. The molecule has 0 saturated carbocycles. The Hall–Kier alpha value is -2.49. The topological polar surface area (TPSA) is 50.4 Å². The molecule has 2 aromatic rings. The van der Waals surface area contributed by atoms with Crippen molar-refractivity contribution in [2.24, 2.45) is 0 Å². The summed E-state index contributed by atoms with van der Waals surface area (Å²) in [6, 6.07) is 13.6. The lowest BCUT2D eigenvalue weighted by Crippen LogP contribution is -2.21. The molecule has 0 aromatic heterocycles. The van der Waals surface area contributed by atoms with E-state index in [-0.39, 0.29) is 12.5 Å². The lowest BCUT2D eigenvalue weighted by molar-refractivity contribution is -0.114. The number of amides is 1. The van der Waals surface area contributed by atoms with Gasteiger partial charge < -0.3 is 15.4 Å². The Morgan fingerprint density at radius 3 is 2.30 bits per heavy atom. The van der Waals surface area contributed by atoms with Gasteiger partial charge in [0.15, 0.2) is 0 Å². The van der Waals surface area contributed by atoms with Gasteiger partial charge in [-0.2, -0.15) is 0 Å². The van der Waals surface area contributed by atoms with Crippen molar-refractivity contribution in [3.05, 3.63) is 53.6 Å². The molecule has 0 spiro atoms. The molecule has 0 unspecified atom stereocenters. The Balaban J connectivity index is 1.70. The quantitative estimate of drug-likeness (QED) is 0.500. The van der Waals surface area contributed by atoms with E-state index in [1.165, 1.54) is 36.8 Å². The lowest BCUT2D eigenvalue weighted by Gasteiger charge is -2.10. The van der Waals surface area contributed by atoms with E-state index in [4.69, 9.17) is 4.74 Å². The van der Waals surface area contributed by atoms with E-state index in [0.29, 0.717) is 0 Å². The van der Waals surface area contributed by atoms with Crippen LogP contribution < -0.4 is 15.4 Å². The Labute approximate surface area is 163 Å². The molecule has 0 aliphatic rings. The Morgan fingerprint density at radius 2 is 1.59 bits per heavy atom. The summed E-state index contributed by atoms with van der Waals surface area (Å²) in [6.45, 7) is 7.34. The highest BCUT2D eigenvalue weighted by Crippen LogP contribution is 2.17. The van der Waals surface area contributed by atoms with E-state index in [9.17, 15) is 4.79 Å². The molecule has 0 saturated heterocycles. The number of aryl methyl sites for hydroxylation is 2. The molecule has 0 heterocycles. The maximum atomic E-state index is 12.1. The van der Waals surface area contributed by atoms with Crippen molar-refractivity contribution in [1.29, 1.82) is 0 Å². The van der Waals surface area contributed by atoms with E-state index in [1.54, 1.807) is 0 Å². The van der Waals surface area contributed by atoms with E-state index < -0.39 is 0 Å². The van der Waals surface area contributed by atoms with Gasteiger partial charge in [0.2, 0.25) is 5.91 Å². The van der Waals surface area contributed by atoms with Crippen LogP contribution in [0.1, 0.15) is 50.2 Å². The minimum Gasteiger partial charge on any atom is -0.494 e. The smallest absolute Gasteiger partial charge is 0.243 e. The van der Waals surface area contributed by atoms with Crippen LogP contribution in [0.2, 0.25) is 0 Å². The van der Waals surface area contributed by atoms with Gasteiger partial charge in [-0.1, -0.05) is 38.7 Å². The molecule has 0 aliphatic heterocycles. The summed E-state index contributed by atoms with van der Waals surface area (Å²) in [6.07, 6.45) is 6.14. The van der Waals surface area contributed by atoms with Gasteiger partial charge in [0, 0.05) is 11.4 Å². The fraction of sp³-hybridized carbons (Fsp3) is 0.435. The van der Waals surface area contributed by atoms with E-state index in [1.807, 2.05) is 30.3 Å². The van der Waals surface area contributed by atoms with E-state index in [0.717, 1.165) is 30.2 Å². The minimum absolute atomic E-state index is 0.0715. The van der Waals surface area contributed by atoms with Crippen LogP contribution in [0.15, 0.2) is 42.5 Å². The average Bonchev–Trinajstić information content (AvgIpc) is 2.67. The molecule has 2 N–H and O–H groups in total. The normalized spacial score (nSPS) is 10.5. The summed E-state index contributed by atoms with van der Waals surface area (Å²) in [5.41, 5.74) is 4.18. The van der Waals surface area contributed by atoms with Crippen molar-refractivity contribution >= 4 is 17.3 Å². The minimum atomic E-state index is -0.0715. The maximum Gasteiger partial charge on any atom is 0.243 e. The van der Waals surface area contributed by atoms with Crippen LogP contribution >= 0.6 is 0 Å². The summed E-state index contributed by atoms with van der Waals surface area (Å²) in [4.78, 5) is 12.1. The van der Waals surface area contributed by atoms with Crippen molar-refractivity contribution in [2.75, 3.05) is 23.8 Å². The predicted molar refractivity (Wildman–Crippen MR) is 114 cm³/mol. The Kier molecular flexibility index (Phi) is 8.69. The summed E-state index contributed by atoms with van der Waals surface area (Å²) in [5.74, 6) is 0.773. The van der Waals surface area contributed by atoms with E-state index in [2.05, 4.69) is 43.5 Å². The molecule has 0 aliphatic carbocycles. The predicted octanol–water partition coefficient (Wildman–Crippen LogP) is 5.70. The highest BCUT2D eigenvalue weighted by molar-refractivity contribution is 5.93. The first-order chi connectivity index (χ1) is 13.1. The van der Waals surface area contributed by atoms with Gasteiger partial charge in [-0.3, -0.25) is 4.79 Å². The van der Waals surface area contributed by atoms with Crippen LogP contribution in [0.25, 0.3) is 0 Å². The van der Waals surface area contributed by atoms with Gasteiger partial charge in [-0.05, 0) is 67.8 Å². The molecular formula is C23H32N2O2. The summed E-state index contributed by atoms with van der Waals surface area (Å²) >= 11 is 0. The zero-order chi connectivity index (χ0) is 19.5. The number of hydrogen-bond donors (Lipinski definition) is 2. The van der Waals surface area contributed by atoms with Gasteiger partial charge >= 0.3 is 0 Å². The molecule has 2 rings (SSSR count). The number of nitrogens with one attached hydrogen (secondary N) is 2. The second kappa shape index (κ2) is 11.3. The van der Waals surface area contributed by atoms with Gasteiger partial charge in [-0.15, -0.1) is 0 Å². The third-order valence-corrected chi connectivity index (χ3v) is 4.61. The molecule has 0 bridgehead atoms. The van der Waals surface area contributed by atoms with Crippen molar-refractivity contribution in [3.8, 4) is 5.75 Å². The second-order valence-electron chi connectivity index (χ2n) is 6.99. The zero-order valence-electron chi connectivity index (χ0n) is 16.8. The zero-order valence-corrected chi connectivity index (χ0v) is 16.8. The molecule has 0 atom stereocenters. The highest BCUT2D eigenvalue weighted by atomic mass is 16.5. The van der Waals surface area contributed by atoms with Crippen molar-refractivity contribution in [3.63, 3.8) is 0 Å². The van der Waals surface area contributed by atoms with Crippen molar-refractivity contribution < 1.29 is 9.53 Å². The molecule has 0 radical (unpaired) electrons. The van der Waals surface area contributed by atoms with Gasteiger partial charge in [0.25, 0.3) is 0 Å². The van der Waals surface area contributed by atoms with Gasteiger partial charge in [-0.25, -0.2) is 0 Å². The Morgan fingerprint density at radius 1 is 0.889 bits per heavy atom. The molecule has 4 nitrogen and oxygen atoms in total. The molecule has 146 valence electrons.